The summed E-state index contributed by atoms with van der Waals surface area (Å²) in [5.74, 6) is -0.540. The number of amides is 2. The number of likely N-dealkylation sites (tertiary alicyclic amines) is 1. The molecule has 92 valence electrons. The van der Waals surface area contributed by atoms with Crippen molar-refractivity contribution >= 4 is 29.1 Å². The molecule has 0 aromatic heterocycles. The molecule has 1 aliphatic heterocycles. The summed E-state index contributed by atoms with van der Waals surface area (Å²) in [5.41, 5.74) is 0.736. The average Bonchev–Trinajstić information content (AvgIpc) is 2.57. The van der Waals surface area contributed by atoms with Gasteiger partial charge in [0.05, 0.1) is 22.7 Å². The van der Waals surface area contributed by atoms with Gasteiger partial charge in [-0.2, -0.15) is 5.26 Å². The number of nitriles is 1. The fraction of sp³-hybridized carbons (Fsp3) is 0.250. The van der Waals surface area contributed by atoms with Crippen molar-refractivity contribution < 1.29 is 9.59 Å². The Morgan fingerprint density at radius 1 is 1.50 bits per heavy atom. The van der Waals surface area contributed by atoms with Crippen molar-refractivity contribution in [2.75, 3.05) is 12.4 Å². The summed E-state index contributed by atoms with van der Waals surface area (Å²) in [5, 5.41) is 12.2. The van der Waals surface area contributed by atoms with E-state index in [9.17, 15) is 9.59 Å². The van der Waals surface area contributed by atoms with Crippen LogP contribution in [-0.4, -0.2) is 29.8 Å². The molecule has 1 N–H and O–H groups in total. The molecule has 0 radical (unpaired) electrons. The molecule has 1 aromatic carbocycles. The molecular weight excluding hydrogens is 254 g/mol. The van der Waals surface area contributed by atoms with Crippen molar-refractivity contribution in [3.8, 4) is 6.07 Å². The standard InChI is InChI=1S/C12H10ClN3O2/c1-16-11(17)5-10(12(16)18)15-9-4-2-3-8(13)7(9)6-14/h2-4,10,15H,5H2,1H3. The van der Waals surface area contributed by atoms with E-state index in [0.29, 0.717) is 10.7 Å². The number of anilines is 1. The zero-order valence-electron chi connectivity index (χ0n) is 9.61. The Morgan fingerprint density at radius 3 is 2.78 bits per heavy atom. The Morgan fingerprint density at radius 2 is 2.22 bits per heavy atom. The molecule has 1 heterocycles. The van der Waals surface area contributed by atoms with E-state index < -0.39 is 6.04 Å². The first-order valence-corrected chi connectivity index (χ1v) is 5.68. The van der Waals surface area contributed by atoms with Crippen LogP contribution in [0.25, 0.3) is 0 Å². The van der Waals surface area contributed by atoms with Gasteiger partial charge in [0.15, 0.2) is 0 Å². The zero-order valence-corrected chi connectivity index (χ0v) is 10.4. The van der Waals surface area contributed by atoms with Gasteiger partial charge in [0.2, 0.25) is 5.91 Å². The summed E-state index contributed by atoms with van der Waals surface area (Å²) in [6.45, 7) is 0. The van der Waals surface area contributed by atoms with Crippen LogP contribution >= 0.6 is 11.6 Å². The highest BCUT2D eigenvalue weighted by Gasteiger charge is 2.36. The van der Waals surface area contributed by atoms with Gasteiger partial charge >= 0.3 is 0 Å². The number of benzene rings is 1. The number of imide groups is 1. The molecule has 1 fully saturated rings. The van der Waals surface area contributed by atoms with E-state index in [-0.39, 0.29) is 23.8 Å². The molecule has 1 atom stereocenters. The second-order valence-electron chi connectivity index (χ2n) is 3.97. The van der Waals surface area contributed by atoms with Crippen LogP contribution in [0.3, 0.4) is 0 Å². The molecule has 1 aromatic rings. The van der Waals surface area contributed by atoms with Gasteiger partial charge in [-0.1, -0.05) is 17.7 Å². The van der Waals surface area contributed by atoms with Gasteiger partial charge in [-0.25, -0.2) is 0 Å². The first kappa shape index (κ1) is 12.4. The lowest BCUT2D eigenvalue weighted by atomic mass is 10.1. The van der Waals surface area contributed by atoms with E-state index in [1.165, 1.54) is 7.05 Å². The van der Waals surface area contributed by atoms with Crippen LogP contribution in [0.2, 0.25) is 5.02 Å². The molecule has 5 nitrogen and oxygen atoms in total. The average molecular weight is 264 g/mol. The van der Waals surface area contributed by atoms with Crippen LogP contribution in [0.1, 0.15) is 12.0 Å². The Bertz CT molecular complexity index is 565. The first-order chi connectivity index (χ1) is 8.54. The van der Waals surface area contributed by atoms with Gasteiger partial charge in [-0.05, 0) is 12.1 Å². The highest BCUT2D eigenvalue weighted by molar-refractivity contribution is 6.32. The summed E-state index contributed by atoms with van der Waals surface area (Å²) in [4.78, 5) is 24.2. The summed E-state index contributed by atoms with van der Waals surface area (Å²) in [7, 11) is 1.44. The number of hydrogen-bond acceptors (Lipinski definition) is 4. The van der Waals surface area contributed by atoms with Crippen LogP contribution in [-0.2, 0) is 9.59 Å². The maximum absolute atomic E-state index is 11.7. The Labute approximate surface area is 109 Å². The second kappa shape index (κ2) is 4.67. The predicted molar refractivity (Wildman–Crippen MR) is 66.0 cm³/mol. The van der Waals surface area contributed by atoms with Crippen molar-refractivity contribution in [2.24, 2.45) is 0 Å². The molecule has 0 saturated carbocycles. The van der Waals surface area contributed by atoms with E-state index in [1.807, 2.05) is 6.07 Å². The third-order valence-corrected chi connectivity index (χ3v) is 3.15. The minimum Gasteiger partial charge on any atom is -0.372 e. The number of carbonyl (C=O) groups is 2. The zero-order chi connectivity index (χ0) is 13.3. The topological polar surface area (TPSA) is 73.2 Å². The number of likely N-dealkylation sites (N-methyl/N-ethyl adjacent to an activating group) is 1. The Hall–Kier alpha value is -2.06. The number of hydrogen-bond donors (Lipinski definition) is 1. The molecule has 2 rings (SSSR count). The molecule has 0 bridgehead atoms. The summed E-state index contributed by atoms with van der Waals surface area (Å²) in [6.07, 6.45) is 0.0900. The van der Waals surface area contributed by atoms with Crippen molar-refractivity contribution in [2.45, 2.75) is 12.5 Å². The van der Waals surface area contributed by atoms with Gasteiger partial charge in [0.25, 0.3) is 5.91 Å². The lowest BCUT2D eigenvalue weighted by Crippen LogP contribution is -2.32. The van der Waals surface area contributed by atoms with E-state index in [0.717, 1.165) is 4.90 Å². The maximum atomic E-state index is 11.7. The molecule has 1 unspecified atom stereocenters. The molecule has 1 aliphatic rings. The van der Waals surface area contributed by atoms with E-state index in [2.05, 4.69) is 5.32 Å². The fourth-order valence-corrected chi connectivity index (χ4v) is 2.03. The highest BCUT2D eigenvalue weighted by atomic mass is 35.5. The molecule has 0 aliphatic carbocycles. The van der Waals surface area contributed by atoms with Crippen molar-refractivity contribution in [1.82, 2.24) is 4.90 Å². The third kappa shape index (κ3) is 2.03. The molecule has 2 amide bonds. The number of rotatable bonds is 2. The molecule has 6 heteroatoms. The van der Waals surface area contributed by atoms with E-state index in [1.54, 1.807) is 18.2 Å². The molecule has 0 spiro atoms. The quantitative estimate of drug-likeness (QED) is 0.818. The van der Waals surface area contributed by atoms with Gasteiger partial charge < -0.3 is 5.32 Å². The van der Waals surface area contributed by atoms with Gasteiger partial charge in [-0.15, -0.1) is 0 Å². The summed E-state index contributed by atoms with van der Waals surface area (Å²) in [6, 6.07) is 6.27. The predicted octanol–water partition coefficient (Wildman–Crippen LogP) is 1.38. The Balaban J connectivity index is 2.26. The van der Waals surface area contributed by atoms with E-state index >= 15 is 0 Å². The van der Waals surface area contributed by atoms with Crippen molar-refractivity contribution in [3.63, 3.8) is 0 Å². The largest absolute Gasteiger partial charge is 0.372 e. The van der Waals surface area contributed by atoms with Gasteiger partial charge in [-0.3, -0.25) is 14.5 Å². The fourth-order valence-electron chi connectivity index (χ4n) is 1.81. The smallest absolute Gasteiger partial charge is 0.251 e. The Kier molecular flexibility index (Phi) is 3.21. The second-order valence-corrected chi connectivity index (χ2v) is 4.37. The molecule has 1 saturated heterocycles. The number of nitrogens with one attached hydrogen (secondary N) is 1. The van der Waals surface area contributed by atoms with Crippen LogP contribution in [0.15, 0.2) is 18.2 Å². The van der Waals surface area contributed by atoms with E-state index in [4.69, 9.17) is 16.9 Å². The molecular formula is C12H10ClN3O2. The van der Waals surface area contributed by atoms with Gasteiger partial charge in [0, 0.05) is 7.05 Å². The minimum absolute atomic E-state index is 0.0900. The molecule has 18 heavy (non-hydrogen) atoms. The highest BCUT2D eigenvalue weighted by Crippen LogP contribution is 2.25. The normalized spacial score (nSPS) is 18.9. The lowest BCUT2D eigenvalue weighted by molar-refractivity contribution is -0.136. The van der Waals surface area contributed by atoms with Gasteiger partial charge in [0.1, 0.15) is 12.1 Å². The number of carbonyl (C=O) groups excluding carboxylic acids is 2. The van der Waals surface area contributed by atoms with Crippen LogP contribution in [0.5, 0.6) is 0 Å². The number of nitrogens with zero attached hydrogens (tertiary/aromatic N) is 2. The van der Waals surface area contributed by atoms with Crippen LogP contribution in [0, 0.1) is 11.3 Å². The third-order valence-electron chi connectivity index (χ3n) is 2.84. The lowest BCUT2D eigenvalue weighted by Gasteiger charge is -2.13. The maximum Gasteiger partial charge on any atom is 0.251 e. The minimum atomic E-state index is -0.631. The van der Waals surface area contributed by atoms with Crippen LogP contribution < -0.4 is 5.32 Å². The number of halogens is 1. The van der Waals surface area contributed by atoms with Crippen LogP contribution in [0.4, 0.5) is 5.69 Å². The first-order valence-electron chi connectivity index (χ1n) is 5.30. The van der Waals surface area contributed by atoms with Crippen molar-refractivity contribution in [3.05, 3.63) is 28.8 Å². The monoisotopic (exact) mass is 263 g/mol. The van der Waals surface area contributed by atoms with Crippen molar-refractivity contribution in [1.29, 1.82) is 5.26 Å². The summed E-state index contributed by atoms with van der Waals surface area (Å²) < 4.78 is 0. The summed E-state index contributed by atoms with van der Waals surface area (Å²) >= 11 is 5.88. The SMILES string of the molecule is CN1C(=O)CC(Nc2cccc(Cl)c2C#N)C1=O.